The number of nitrogens with one attached hydrogen (secondary N) is 2. The van der Waals surface area contributed by atoms with E-state index in [0.717, 1.165) is 36.1 Å². The number of amides is 1. The highest BCUT2D eigenvalue weighted by atomic mass is 16.2. The molecule has 2 heterocycles. The number of anilines is 1. The van der Waals surface area contributed by atoms with Crippen molar-refractivity contribution in [2.24, 2.45) is 0 Å². The number of rotatable bonds is 2. The normalized spacial score (nSPS) is 20.9. The first kappa shape index (κ1) is 14.5. The van der Waals surface area contributed by atoms with Gasteiger partial charge in [0.05, 0.1) is 18.7 Å². The molecule has 112 valence electrons. The molecule has 22 heavy (non-hydrogen) atoms. The summed E-state index contributed by atoms with van der Waals surface area (Å²) in [5.41, 5.74) is 1.22. The predicted molar refractivity (Wildman–Crippen MR) is 86.9 cm³/mol. The second-order valence-corrected chi connectivity index (χ2v) is 6.22. The molecule has 1 aromatic carbocycles. The molecule has 1 fully saturated rings. The van der Waals surface area contributed by atoms with Gasteiger partial charge in [-0.3, -0.25) is 4.79 Å². The monoisotopic (exact) mass is 294 g/mol. The Morgan fingerprint density at radius 3 is 2.36 bits per heavy atom. The van der Waals surface area contributed by atoms with Gasteiger partial charge in [-0.2, -0.15) is 0 Å². The van der Waals surface area contributed by atoms with E-state index in [0.29, 0.717) is 18.7 Å². The third kappa shape index (κ3) is 2.43. The van der Waals surface area contributed by atoms with Gasteiger partial charge in [0.1, 0.15) is 18.8 Å². The number of quaternary nitrogens is 1. The van der Waals surface area contributed by atoms with Gasteiger partial charge < -0.3 is 15.1 Å². The molecule has 3 rings (SSSR count). The van der Waals surface area contributed by atoms with Gasteiger partial charge in [-0.1, -0.05) is 12.1 Å². The number of carbonyl (C=O) groups is 1. The van der Waals surface area contributed by atoms with Gasteiger partial charge in [0.25, 0.3) is 5.91 Å². The Hall–Kier alpha value is -2.43. The van der Waals surface area contributed by atoms with Crippen molar-refractivity contribution in [2.45, 2.75) is 18.5 Å². The van der Waals surface area contributed by atoms with Gasteiger partial charge in [0.15, 0.2) is 0 Å². The molecule has 1 spiro atoms. The molecule has 0 saturated carbocycles. The fourth-order valence-corrected chi connectivity index (χ4v) is 3.47. The Labute approximate surface area is 131 Å². The molecule has 4 heteroatoms. The standard InChI is InChI=1S/C18H19N3O/c1-3-11-21(12-4-2)13-9-18(10-14-21)19-16-8-6-5-7-15(16)17(22)20-18/h1-2,5-8H,9-14H2,(H-,19,20,22)/p+1. The Bertz CT molecular complexity index is 654. The van der Waals surface area contributed by atoms with E-state index in [-0.39, 0.29) is 11.6 Å². The van der Waals surface area contributed by atoms with Crippen molar-refractivity contribution in [3.63, 3.8) is 0 Å². The molecule has 2 aliphatic rings. The molecule has 0 bridgehead atoms. The lowest BCUT2D eigenvalue weighted by Gasteiger charge is -2.49. The van der Waals surface area contributed by atoms with E-state index < -0.39 is 0 Å². The number of hydrogen-bond donors (Lipinski definition) is 2. The molecular weight excluding hydrogens is 274 g/mol. The Morgan fingerprint density at radius 2 is 1.73 bits per heavy atom. The number of terminal acetylenes is 2. The molecule has 0 aromatic heterocycles. The summed E-state index contributed by atoms with van der Waals surface area (Å²) in [6, 6.07) is 7.61. The smallest absolute Gasteiger partial charge is 0.255 e. The van der Waals surface area contributed by atoms with Gasteiger partial charge >= 0.3 is 0 Å². The number of benzene rings is 1. The fourth-order valence-electron chi connectivity index (χ4n) is 3.47. The molecular formula is C18H20N3O+. The van der Waals surface area contributed by atoms with E-state index in [4.69, 9.17) is 12.8 Å². The fraction of sp³-hybridized carbons (Fsp3) is 0.389. The maximum absolute atomic E-state index is 12.4. The maximum atomic E-state index is 12.4. The van der Waals surface area contributed by atoms with Crippen LogP contribution in [0.5, 0.6) is 0 Å². The van der Waals surface area contributed by atoms with E-state index in [1.54, 1.807) is 0 Å². The quantitative estimate of drug-likeness (QED) is 0.640. The zero-order chi connectivity index (χ0) is 15.6. The topological polar surface area (TPSA) is 41.1 Å². The SMILES string of the molecule is C#CC[N+]1(CC#C)CCC2(CC1)NC(=O)c1ccccc1N2. The minimum absolute atomic E-state index is 0.0109. The molecule has 2 aliphatic heterocycles. The molecule has 0 radical (unpaired) electrons. The van der Waals surface area contributed by atoms with Gasteiger partial charge in [-0.05, 0) is 24.0 Å². The molecule has 1 aromatic rings. The highest BCUT2D eigenvalue weighted by Gasteiger charge is 2.45. The Morgan fingerprint density at radius 1 is 1.09 bits per heavy atom. The molecule has 2 N–H and O–H groups in total. The zero-order valence-electron chi connectivity index (χ0n) is 12.6. The summed E-state index contributed by atoms with van der Waals surface area (Å²) in [6.07, 6.45) is 12.7. The number of carbonyl (C=O) groups excluding carboxylic acids is 1. The van der Waals surface area contributed by atoms with Crippen molar-refractivity contribution < 1.29 is 9.28 Å². The Kier molecular flexibility index (Phi) is 3.56. The van der Waals surface area contributed by atoms with E-state index >= 15 is 0 Å². The molecule has 4 nitrogen and oxygen atoms in total. The van der Waals surface area contributed by atoms with Crippen LogP contribution >= 0.6 is 0 Å². The van der Waals surface area contributed by atoms with E-state index in [1.807, 2.05) is 24.3 Å². The van der Waals surface area contributed by atoms with Crippen molar-refractivity contribution >= 4 is 11.6 Å². The molecule has 1 amide bonds. The minimum atomic E-state index is -0.379. The van der Waals surface area contributed by atoms with Crippen LogP contribution in [0.4, 0.5) is 5.69 Å². The molecule has 0 atom stereocenters. The van der Waals surface area contributed by atoms with Gasteiger partial charge in [0.2, 0.25) is 0 Å². The number of para-hydroxylation sites is 1. The number of fused-ring (bicyclic) bond motifs is 1. The lowest BCUT2D eigenvalue weighted by atomic mass is 9.90. The van der Waals surface area contributed by atoms with Crippen LogP contribution in [0, 0.1) is 24.7 Å². The lowest BCUT2D eigenvalue weighted by molar-refractivity contribution is -0.920. The van der Waals surface area contributed by atoms with Gasteiger partial charge in [0, 0.05) is 18.5 Å². The number of piperidine rings is 1. The highest BCUT2D eigenvalue weighted by Crippen LogP contribution is 2.33. The largest absolute Gasteiger partial charge is 0.362 e. The second-order valence-electron chi connectivity index (χ2n) is 6.22. The minimum Gasteiger partial charge on any atom is -0.362 e. The first-order valence-electron chi connectivity index (χ1n) is 7.54. The van der Waals surface area contributed by atoms with Gasteiger partial charge in [-0.15, -0.1) is 12.8 Å². The average molecular weight is 294 g/mol. The lowest BCUT2D eigenvalue weighted by Crippen LogP contribution is -2.66. The number of hydrogen-bond acceptors (Lipinski definition) is 2. The molecule has 0 unspecified atom stereocenters. The van der Waals surface area contributed by atoms with E-state index in [9.17, 15) is 4.79 Å². The van der Waals surface area contributed by atoms with Crippen molar-refractivity contribution in [3.8, 4) is 24.7 Å². The summed E-state index contributed by atoms with van der Waals surface area (Å²) in [5, 5.41) is 6.67. The number of nitrogens with zero attached hydrogens (tertiary/aromatic N) is 1. The predicted octanol–water partition coefficient (Wildman–Crippen LogP) is 1.42. The molecule has 1 saturated heterocycles. The van der Waals surface area contributed by atoms with Gasteiger partial charge in [-0.25, -0.2) is 0 Å². The van der Waals surface area contributed by atoms with Crippen LogP contribution in [0.25, 0.3) is 0 Å². The van der Waals surface area contributed by atoms with E-state index in [1.165, 1.54) is 0 Å². The third-order valence-corrected chi connectivity index (χ3v) is 4.78. The van der Waals surface area contributed by atoms with Crippen molar-refractivity contribution in [1.82, 2.24) is 5.32 Å². The second kappa shape index (κ2) is 5.40. The summed E-state index contributed by atoms with van der Waals surface area (Å²) in [5.74, 6) is 5.48. The van der Waals surface area contributed by atoms with Crippen molar-refractivity contribution in [3.05, 3.63) is 29.8 Å². The van der Waals surface area contributed by atoms with E-state index in [2.05, 4.69) is 22.5 Å². The summed E-state index contributed by atoms with van der Waals surface area (Å²) in [6.45, 7) is 3.02. The Balaban J connectivity index is 1.80. The van der Waals surface area contributed by atoms with Crippen LogP contribution in [0.15, 0.2) is 24.3 Å². The van der Waals surface area contributed by atoms with Crippen LogP contribution < -0.4 is 10.6 Å². The average Bonchev–Trinajstić information content (AvgIpc) is 2.51. The summed E-state index contributed by atoms with van der Waals surface area (Å²) in [7, 11) is 0. The van der Waals surface area contributed by atoms with Crippen molar-refractivity contribution in [2.75, 3.05) is 31.5 Å². The zero-order valence-corrected chi connectivity index (χ0v) is 12.6. The summed E-state index contributed by atoms with van der Waals surface area (Å²) >= 11 is 0. The first-order chi connectivity index (χ1) is 10.6. The summed E-state index contributed by atoms with van der Waals surface area (Å²) in [4.78, 5) is 12.4. The van der Waals surface area contributed by atoms with Crippen LogP contribution in [0.2, 0.25) is 0 Å². The third-order valence-electron chi connectivity index (χ3n) is 4.78. The maximum Gasteiger partial charge on any atom is 0.255 e. The molecule has 0 aliphatic carbocycles. The van der Waals surface area contributed by atoms with Crippen LogP contribution in [-0.4, -0.2) is 42.2 Å². The highest BCUT2D eigenvalue weighted by molar-refractivity contribution is 6.02. The van der Waals surface area contributed by atoms with Crippen molar-refractivity contribution in [1.29, 1.82) is 0 Å². The number of likely N-dealkylation sites (tertiary alicyclic amines) is 1. The van der Waals surface area contributed by atoms with Crippen LogP contribution in [-0.2, 0) is 0 Å². The van der Waals surface area contributed by atoms with Crippen LogP contribution in [0.3, 0.4) is 0 Å². The first-order valence-corrected chi connectivity index (χ1v) is 7.54. The van der Waals surface area contributed by atoms with Crippen LogP contribution in [0.1, 0.15) is 23.2 Å². The summed E-state index contributed by atoms with van der Waals surface area (Å²) < 4.78 is 0.744.